The lowest BCUT2D eigenvalue weighted by Crippen LogP contribution is -2.12. The summed E-state index contributed by atoms with van der Waals surface area (Å²) >= 11 is 0. The number of nitrogens with one attached hydrogen (secondary N) is 1. The molecule has 0 saturated heterocycles. The number of hydrogen-bond acceptors (Lipinski definition) is 5. The molecule has 0 fully saturated rings. The van der Waals surface area contributed by atoms with Crippen LogP contribution in [0.3, 0.4) is 0 Å². The van der Waals surface area contributed by atoms with E-state index in [0.717, 1.165) is 22.2 Å². The lowest BCUT2D eigenvalue weighted by Gasteiger charge is -2.10. The molecule has 2 heterocycles. The van der Waals surface area contributed by atoms with Gasteiger partial charge in [0, 0.05) is 11.9 Å². The van der Waals surface area contributed by atoms with Crippen molar-refractivity contribution in [3.63, 3.8) is 0 Å². The Kier molecular flexibility index (Phi) is 4.27. The maximum absolute atomic E-state index is 13.4. The zero-order chi connectivity index (χ0) is 17.9. The summed E-state index contributed by atoms with van der Waals surface area (Å²) in [4.78, 5) is 4.60. The van der Waals surface area contributed by atoms with Crippen molar-refractivity contribution in [3.05, 3.63) is 71.8 Å². The number of hydrogen-bond donors (Lipinski definition) is 1. The molecule has 2 aromatic carbocycles. The average Bonchev–Trinajstić information content (AvgIpc) is 3.10. The highest BCUT2D eigenvalue weighted by Gasteiger charge is 2.12. The van der Waals surface area contributed by atoms with Gasteiger partial charge in [-0.3, -0.25) is 0 Å². The molecule has 0 spiro atoms. The van der Waals surface area contributed by atoms with Crippen LogP contribution in [0, 0.1) is 5.82 Å². The van der Waals surface area contributed by atoms with Crippen molar-refractivity contribution in [2.24, 2.45) is 0 Å². The number of anilines is 1. The van der Waals surface area contributed by atoms with E-state index < -0.39 is 0 Å². The fourth-order valence-corrected chi connectivity index (χ4v) is 2.77. The molecule has 0 radical (unpaired) electrons. The average molecular weight is 348 g/mol. The van der Waals surface area contributed by atoms with Crippen LogP contribution in [-0.4, -0.2) is 25.0 Å². The van der Waals surface area contributed by atoms with Crippen molar-refractivity contribution >= 4 is 16.7 Å². The van der Waals surface area contributed by atoms with Crippen molar-refractivity contribution in [1.82, 2.24) is 25.0 Å². The lowest BCUT2D eigenvalue weighted by atomic mass is 10.2. The number of rotatable bonds is 5. The second-order valence-corrected chi connectivity index (χ2v) is 5.86. The molecular weight excluding hydrogens is 331 g/mol. The van der Waals surface area contributed by atoms with Gasteiger partial charge in [0.1, 0.15) is 11.5 Å². The van der Waals surface area contributed by atoms with E-state index in [1.165, 1.54) is 12.1 Å². The van der Waals surface area contributed by atoms with Crippen molar-refractivity contribution in [1.29, 1.82) is 0 Å². The van der Waals surface area contributed by atoms with Crippen LogP contribution in [0.5, 0.6) is 0 Å². The summed E-state index contributed by atoms with van der Waals surface area (Å²) in [6, 6.07) is 14.3. The van der Waals surface area contributed by atoms with E-state index in [2.05, 4.69) is 25.6 Å². The molecule has 26 heavy (non-hydrogen) atoms. The zero-order valence-electron chi connectivity index (χ0n) is 14.2. The molecular formula is C19H17FN6. The second kappa shape index (κ2) is 6.87. The van der Waals surface area contributed by atoms with Gasteiger partial charge in [0.2, 0.25) is 0 Å². The number of benzene rings is 2. The number of fused-ring (bicyclic) bond motifs is 1. The normalized spacial score (nSPS) is 11.0. The van der Waals surface area contributed by atoms with Gasteiger partial charge in [-0.15, -0.1) is 10.2 Å². The fourth-order valence-electron chi connectivity index (χ4n) is 2.77. The summed E-state index contributed by atoms with van der Waals surface area (Å²) in [7, 11) is 0. The van der Waals surface area contributed by atoms with E-state index in [1.807, 2.05) is 37.3 Å². The van der Waals surface area contributed by atoms with E-state index in [1.54, 1.807) is 16.9 Å². The largest absolute Gasteiger partial charge is 0.364 e. The molecule has 0 saturated carbocycles. The topological polar surface area (TPSA) is 68.5 Å². The van der Waals surface area contributed by atoms with E-state index in [-0.39, 0.29) is 5.82 Å². The van der Waals surface area contributed by atoms with E-state index in [0.29, 0.717) is 24.7 Å². The molecule has 0 aliphatic rings. The Labute approximate surface area is 149 Å². The Morgan fingerprint density at radius 1 is 1.08 bits per heavy atom. The Morgan fingerprint density at radius 3 is 2.81 bits per heavy atom. The minimum atomic E-state index is -0.260. The first-order valence-corrected chi connectivity index (χ1v) is 8.39. The standard InChI is InChI=1S/C19H17FN6/c1-2-16-18(21-11-13-6-5-8-15(20)10-13)23-19(25-24-16)26-17-9-4-3-7-14(17)12-22-26/h3-10,12H,2,11H2,1H3,(H,21,23,25). The Balaban J connectivity index is 1.67. The molecule has 2 aromatic heterocycles. The van der Waals surface area contributed by atoms with Crippen LogP contribution >= 0.6 is 0 Å². The Bertz CT molecular complexity index is 1060. The first-order valence-electron chi connectivity index (χ1n) is 8.39. The highest BCUT2D eigenvalue weighted by Crippen LogP contribution is 2.18. The van der Waals surface area contributed by atoms with Gasteiger partial charge in [-0.05, 0) is 30.2 Å². The number of aromatic nitrogens is 5. The van der Waals surface area contributed by atoms with Crippen LogP contribution < -0.4 is 5.32 Å². The van der Waals surface area contributed by atoms with Gasteiger partial charge in [-0.25, -0.2) is 4.39 Å². The molecule has 0 amide bonds. The van der Waals surface area contributed by atoms with Gasteiger partial charge in [-0.2, -0.15) is 14.8 Å². The fraction of sp³-hybridized carbons (Fsp3) is 0.158. The molecule has 6 nitrogen and oxygen atoms in total. The number of halogens is 1. The van der Waals surface area contributed by atoms with E-state index in [4.69, 9.17) is 0 Å². The highest BCUT2D eigenvalue weighted by atomic mass is 19.1. The molecule has 7 heteroatoms. The van der Waals surface area contributed by atoms with Crippen LogP contribution in [0.2, 0.25) is 0 Å². The van der Waals surface area contributed by atoms with Gasteiger partial charge in [-0.1, -0.05) is 37.3 Å². The predicted octanol–water partition coefficient (Wildman–Crippen LogP) is 3.52. The zero-order valence-corrected chi connectivity index (χ0v) is 14.2. The monoisotopic (exact) mass is 348 g/mol. The minimum absolute atomic E-state index is 0.260. The van der Waals surface area contributed by atoms with Gasteiger partial charge >= 0.3 is 0 Å². The molecule has 0 aliphatic carbocycles. The summed E-state index contributed by atoms with van der Waals surface area (Å²) in [6.45, 7) is 2.44. The van der Waals surface area contributed by atoms with Crippen LogP contribution in [0.4, 0.5) is 10.2 Å². The molecule has 0 bridgehead atoms. The smallest absolute Gasteiger partial charge is 0.272 e. The molecule has 0 unspecified atom stereocenters. The number of nitrogens with zero attached hydrogens (tertiary/aromatic N) is 5. The van der Waals surface area contributed by atoms with Crippen LogP contribution in [-0.2, 0) is 13.0 Å². The molecule has 0 aliphatic heterocycles. The van der Waals surface area contributed by atoms with E-state index >= 15 is 0 Å². The molecule has 1 N–H and O–H groups in total. The van der Waals surface area contributed by atoms with Gasteiger partial charge in [0.25, 0.3) is 5.95 Å². The highest BCUT2D eigenvalue weighted by molar-refractivity contribution is 5.79. The summed E-state index contributed by atoms with van der Waals surface area (Å²) in [5.74, 6) is 0.760. The lowest BCUT2D eigenvalue weighted by molar-refractivity contribution is 0.626. The summed E-state index contributed by atoms with van der Waals surface area (Å²) in [6.07, 6.45) is 2.46. The quantitative estimate of drug-likeness (QED) is 0.598. The van der Waals surface area contributed by atoms with Crippen molar-refractivity contribution < 1.29 is 4.39 Å². The number of para-hydroxylation sites is 1. The molecule has 4 rings (SSSR count). The third kappa shape index (κ3) is 3.11. The third-order valence-corrected chi connectivity index (χ3v) is 4.10. The van der Waals surface area contributed by atoms with Crippen LogP contribution in [0.15, 0.2) is 54.7 Å². The minimum Gasteiger partial charge on any atom is -0.364 e. The SMILES string of the molecule is CCc1nnc(-n2ncc3ccccc32)nc1NCc1cccc(F)c1. The van der Waals surface area contributed by atoms with Gasteiger partial charge in [0.05, 0.1) is 11.7 Å². The summed E-state index contributed by atoms with van der Waals surface area (Å²) in [5.41, 5.74) is 2.49. The van der Waals surface area contributed by atoms with Crippen molar-refractivity contribution in [2.45, 2.75) is 19.9 Å². The van der Waals surface area contributed by atoms with Crippen LogP contribution in [0.1, 0.15) is 18.2 Å². The van der Waals surface area contributed by atoms with Crippen LogP contribution in [0.25, 0.3) is 16.9 Å². The van der Waals surface area contributed by atoms with Gasteiger partial charge in [0.15, 0.2) is 5.82 Å². The molecule has 4 aromatic rings. The maximum Gasteiger partial charge on any atom is 0.272 e. The first kappa shape index (κ1) is 16.1. The predicted molar refractivity (Wildman–Crippen MR) is 97.6 cm³/mol. The van der Waals surface area contributed by atoms with Gasteiger partial charge < -0.3 is 5.32 Å². The Morgan fingerprint density at radius 2 is 1.96 bits per heavy atom. The van der Waals surface area contributed by atoms with Crippen molar-refractivity contribution in [3.8, 4) is 5.95 Å². The number of aryl methyl sites for hydroxylation is 1. The molecule has 0 atom stereocenters. The third-order valence-electron chi connectivity index (χ3n) is 4.10. The second-order valence-electron chi connectivity index (χ2n) is 5.86. The van der Waals surface area contributed by atoms with E-state index in [9.17, 15) is 4.39 Å². The maximum atomic E-state index is 13.4. The summed E-state index contributed by atoms with van der Waals surface area (Å²) < 4.78 is 15.0. The summed E-state index contributed by atoms with van der Waals surface area (Å²) in [5, 5.41) is 17.1. The first-order chi connectivity index (χ1) is 12.7. The Hall–Kier alpha value is -3.35. The van der Waals surface area contributed by atoms with Crippen molar-refractivity contribution in [2.75, 3.05) is 5.32 Å². The molecule has 130 valence electrons.